The van der Waals surface area contributed by atoms with Gasteiger partial charge in [0.1, 0.15) is 0 Å². The lowest BCUT2D eigenvalue weighted by Gasteiger charge is -2.18. The molecule has 0 aliphatic carbocycles. The van der Waals surface area contributed by atoms with E-state index in [1.807, 2.05) is 0 Å². The zero-order valence-corrected chi connectivity index (χ0v) is 23.6. The van der Waals surface area contributed by atoms with E-state index in [9.17, 15) is 0 Å². The summed E-state index contributed by atoms with van der Waals surface area (Å²) in [5.74, 6) is 4.56. The molecular formula is C32H48S2. The lowest BCUT2D eigenvalue weighted by molar-refractivity contribution is 0.539. The largest absolute Gasteiger partial charge is 0.152 e. The maximum absolute atomic E-state index is 2.40. The highest BCUT2D eigenvalue weighted by Crippen LogP contribution is 2.31. The molecule has 3 rings (SSSR count). The van der Waals surface area contributed by atoms with Crippen molar-refractivity contribution in [2.75, 3.05) is 0 Å². The third-order valence-corrected chi connectivity index (χ3v) is 9.55. The first-order valence-electron chi connectivity index (χ1n) is 14.1. The fourth-order valence-corrected chi connectivity index (χ4v) is 7.44. The summed E-state index contributed by atoms with van der Waals surface area (Å²) in [5, 5.41) is 0. The van der Waals surface area contributed by atoms with Gasteiger partial charge < -0.3 is 0 Å². The van der Waals surface area contributed by atoms with E-state index in [1.54, 1.807) is 16.7 Å². The number of unbranched alkanes of at least 4 members (excludes halogenated alkanes) is 12. The average Bonchev–Trinajstić information content (AvgIpc) is 2.84. The Labute approximate surface area is 219 Å². The van der Waals surface area contributed by atoms with Crippen LogP contribution in [0.25, 0.3) is 0 Å². The van der Waals surface area contributed by atoms with Crippen LogP contribution in [0, 0.1) is 6.92 Å². The molecule has 2 aromatic rings. The molecule has 0 unspecified atom stereocenters. The normalized spacial score (nSPS) is 13.9. The first kappa shape index (κ1) is 27.7. The molecule has 0 amide bonds. The highest BCUT2D eigenvalue weighted by Gasteiger charge is 2.12. The van der Waals surface area contributed by atoms with Crippen LogP contribution in [-0.2, 0) is 29.4 Å². The average molecular weight is 497 g/mol. The van der Waals surface area contributed by atoms with Gasteiger partial charge in [-0.05, 0) is 53.1 Å². The van der Waals surface area contributed by atoms with Crippen LogP contribution < -0.4 is 0 Å². The van der Waals surface area contributed by atoms with E-state index in [0.717, 1.165) is 23.0 Å². The van der Waals surface area contributed by atoms with Crippen molar-refractivity contribution in [3.8, 4) is 0 Å². The second kappa shape index (κ2) is 16.7. The number of hydrogen-bond donors (Lipinski definition) is 0. The van der Waals surface area contributed by atoms with Gasteiger partial charge in [-0.2, -0.15) is 23.5 Å². The van der Waals surface area contributed by atoms with Crippen molar-refractivity contribution >= 4 is 23.5 Å². The maximum atomic E-state index is 2.40. The van der Waals surface area contributed by atoms with Crippen LogP contribution in [0.5, 0.6) is 0 Å². The Morgan fingerprint density at radius 3 is 1.38 bits per heavy atom. The van der Waals surface area contributed by atoms with E-state index in [4.69, 9.17) is 0 Å². The first-order chi connectivity index (χ1) is 16.8. The summed E-state index contributed by atoms with van der Waals surface area (Å²) in [6, 6.07) is 14.0. The van der Waals surface area contributed by atoms with Gasteiger partial charge in [-0.1, -0.05) is 120 Å². The minimum atomic E-state index is 1.13. The Kier molecular flexibility index (Phi) is 13.7. The van der Waals surface area contributed by atoms with Gasteiger partial charge >= 0.3 is 0 Å². The Hall–Kier alpha value is -0.860. The topological polar surface area (TPSA) is 0 Å². The van der Waals surface area contributed by atoms with Gasteiger partial charge in [-0.25, -0.2) is 0 Å². The lowest BCUT2D eigenvalue weighted by Crippen LogP contribution is -2.02. The van der Waals surface area contributed by atoms with Crippen molar-refractivity contribution in [3.05, 3.63) is 69.8 Å². The van der Waals surface area contributed by atoms with Crippen molar-refractivity contribution in [2.45, 2.75) is 127 Å². The molecular weight excluding hydrogens is 448 g/mol. The minimum Gasteiger partial charge on any atom is -0.152 e. The van der Waals surface area contributed by atoms with Crippen LogP contribution in [0.3, 0.4) is 0 Å². The molecule has 4 bridgehead atoms. The van der Waals surface area contributed by atoms with Crippen LogP contribution in [0.2, 0.25) is 0 Å². The molecule has 1 aliphatic rings. The summed E-state index contributed by atoms with van der Waals surface area (Å²) in [5.41, 5.74) is 9.43. The summed E-state index contributed by atoms with van der Waals surface area (Å²) < 4.78 is 0. The van der Waals surface area contributed by atoms with E-state index >= 15 is 0 Å². The van der Waals surface area contributed by atoms with Crippen molar-refractivity contribution in [2.24, 2.45) is 0 Å². The number of hydrogen-bond acceptors (Lipinski definition) is 2. The Bertz CT molecular complexity index is 779. The van der Waals surface area contributed by atoms with Gasteiger partial charge in [0, 0.05) is 23.0 Å². The van der Waals surface area contributed by atoms with Crippen molar-refractivity contribution in [1.82, 2.24) is 0 Å². The predicted molar refractivity (Wildman–Crippen MR) is 157 cm³/mol. The second-order valence-electron chi connectivity index (χ2n) is 10.2. The summed E-state index contributed by atoms with van der Waals surface area (Å²) in [6.45, 7) is 4.62. The maximum Gasteiger partial charge on any atom is 0.0190 e. The van der Waals surface area contributed by atoms with Crippen molar-refractivity contribution in [3.63, 3.8) is 0 Å². The van der Waals surface area contributed by atoms with E-state index in [0.29, 0.717) is 0 Å². The summed E-state index contributed by atoms with van der Waals surface area (Å²) in [4.78, 5) is 0. The molecule has 0 fully saturated rings. The van der Waals surface area contributed by atoms with Crippen LogP contribution in [-0.4, -0.2) is 0 Å². The fraction of sp³-hybridized carbons (Fsp3) is 0.625. The summed E-state index contributed by atoms with van der Waals surface area (Å²) in [7, 11) is 0. The summed E-state index contributed by atoms with van der Waals surface area (Å²) in [6.07, 6.45) is 19.9. The monoisotopic (exact) mass is 496 g/mol. The van der Waals surface area contributed by atoms with E-state index < -0.39 is 0 Å². The molecule has 0 radical (unpaired) electrons. The van der Waals surface area contributed by atoms with Gasteiger partial charge in [0.25, 0.3) is 0 Å². The molecule has 0 saturated heterocycles. The third-order valence-electron chi connectivity index (χ3n) is 7.49. The van der Waals surface area contributed by atoms with E-state index in [-0.39, 0.29) is 0 Å². The first-order valence-corrected chi connectivity index (χ1v) is 16.4. The quantitative estimate of drug-likeness (QED) is 0.238. The molecule has 1 aliphatic heterocycles. The van der Waals surface area contributed by atoms with E-state index in [1.165, 1.54) is 107 Å². The Morgan fingerprint density at radius 2 is 0.912 bits per heavy atom. The summed E-state index contributed by atoms with van der Waals surface area (Å²) >= 11 is 4.19. The third kappa shape index (κ3) is 9.65. The van der Waals surface area contributed by atoms with Crippen LogP contribution >= 0.6 is 23.5 Å². The molecule has 188 valence electrons. The Morgan fingerprint density at radius 1 is 0.529 bits per heavy atom. The van der Waals surface area contributed by atoms with Crippen LogP contribution in [0.15, 0.2) is 36.4 Å². The molecule has 0 saturated carbocycles. The molecule has 0 nitrogen and oxygen atoms in total. The Balaban J connectivity index is 1.38. The van der Waals surface area contributed by atoms with Gasteiger partial charge in [-0.15, -0.1) is 0 Å². The lowest BCUT2D eigenvalue weighted by atomic mass is 9.96. The van der Waals surface area contributed by atoms with Crippen LogP contribution in [0.4, 0.5) is 0 Å². The molecule has 0 atom stereocenters. The molecule has 34 heavy (non-hydrogen) atoms. The standard InChI is InChI=1S/C32H48S2/c1-3-4-5-6-7-8-9-10-11-12-13-14-15-22-32-30-20-17-21-31(32)26-34-24-29-19-16-18-28(27(29)2)23-33-25-30/h16-21H,3-15,22-26H2,1-2H3. The molecule has 0 spiro atoms. The zero-order chi connectivity index (χ0) is 23.8. The SMILES string of the molecule is CCCCCCCCCCCCCCCc1c2cccc1CSCc1cccc(c1C)CSC2. The van der Waals surface area contributed by atoms with Gasteiger partial charge in [0.2, 0.25) is 0 Å². The smallest absolute Gasteiger partial charge is 0.0190 e. The van der Waals surface area contributed by atoms with Gasteiger partial charge in [0.05, 0.1) is 0 Å². The van der Waals surface area contributed by atoms with Crippen LogP contribution in [0.1, 0.15) is 124 Å². The van der Waals surface area contributed by atoms with Gasteiger partial charge in [0.15, 0.2) is 0 Å². The molecule has 2 aromatic carbocycles. The predicted octanol–water partition coefficient (Wildman–Crippen LogP) is 10.8. The molecule has 2 heteroatoms. The molecule has 1 heterocycles. The highest BCUT2D eigenvalue weighted by atomic mass is 32.2. The van der Waals surface area contributed by atoms with E-state index in [2.05, 4.69) is 73.8 Å². The van der Waals surface area contributed by atoms with Crippen molar-refractivity contribution < 1.29 is 0 Å². The number of fused-ring (bicyclic) bond motifs is 4. The molecule has 0 aromatic heterocycles. The minimum absolute atomic E-state index is 1.13. The van der Waals surface area contributed by atoms with Crippen molar-refractivity contribution in [1.29, 1.82) is 0 Å². The molecule has 0 N–H and O–H groups in total. The van der Waals surface area contributed by atoms with Gasteiger partial charge in [-0.3, -0.25) is 0 Å². The zero-order valence-electron chi connectivity index (χ0n) is 22.0. The highest BCUT2D eigenvalue weighted by molar-refractivity contribution is 7.98. The number of thioether (sulfide) groups is 2. The fourth-order valence-electron chi connectivity index (χ4n) is 5.19. The second-order valence-corrected chi connectivity index (χ2v) is 12.2. The number of benzene rings is 2. The number of rotatable bonds is 14.